The number of carbonyl (C=O) groups is 2. The van der Waals surface area contributed by atoms with Crippen LogP contribution in [0.1, 0.15) is 32.6 Å². The van der Waals surface area contributed by atoms with E-state index in [2.05, 4.69) is 12.2 Å². The van der Waals surface area contributed by atoms with E-state index < -0.39 is 18.2 Å². The number of carboxylic acids is 1. The lowest BCUT2D eigenvalue weighted by molar-refractivity contribution is -0.151. The fourth-order valence-corrected chi connectivity index (χ4v) is 1.72. The van der Waals surface area contributed by atoms with Crippen LogP contribution < -0.4 is 5.32 Å². The van der Waals surface area contributed by atoms with Crippen molar-refractivity contribution >= 4 is 11.9 Å². The third-order valence-corrected chi connectivity index (χ3v) is 2.78. The molecule has 104 valence electrons. The molecule has 0 aromatic rings. The molecule has 6 nitrogen and oxygen atoms in total. The predicted octanol–water partition coefficient (Wildman–Crippen LogP) is 0.551. The van der Waals surface area contributed by atoms with Gasteiger partial charge in [-0.1, -0.05) is 13.3 Å². The summed E-state index contributed by atoms with van der Waals surface area (Å²) in [5, 5.41) is 11.4. The molecule has 1 aliphatic heterocycles. The van der Waals surface area contributed by atoms with Crippen LogP contribution >= 0.6 is 0 Å². The van der Waals surface area contributed by atoms with Gasteiger partial charge in [-0.25, -0.2) is 4.79 Å². The first-order valence-corrected chi connectivity index (χ1v) is 6.39. The maximum Gasteiger partial charge on any atom is 0.332 e. The van der Waals surface area contributed by atoms with Crippen molar-refractivity contribution < 1.29 is 24.2 Å². The largest absolute Gasteiger partial charge is 0.479 e. The SMILES string of the molecule is CCCCOCCNC(=O)C1CCC(C(=O)O)O1. The van der Waals surface area contributed by atoms with Crippen LogP contribution in [0.3, 0.4) is 0 Å². The van der Waals surface area contributed by atoms with E-state index in [0.717, 1.165) is 12.8 Å². The van der Waals surface area contributed by atoms with Crippen LogP contribution in [0.4, 0.5) is 0 Å². The van der Waals surface area contributed by atoms with Crippen LogP contribution in [-0.2, 0) is 19.1 Å². The summed E-state index contributed by atoms with van der Waals surface area (Å²) >= 11 is 0. The van der Waals surface area contributed by atoms with Gasteiger partial charge >= 0.3 is 5.97 Å². The van der Waals surface area contributed by atoms with Crippen molar-refractivity contribution in [2.45, 2.75) is 44.8 Å². The number of aliphatic carboxylic acids is 1. The highest BCUT2D eigenvalue weighted by Crippen LogP contribution is 2.19. The molecule has 0 bridgehead atoms. The van der Waals surface area contributed by atoms with Gasteiger partial charge in [-0.3, -0.25) is 4.79 Å². The molecule has 1 rings (SSSR count). The molecule has 1 amide bonds. The molecular formula is C12H21NO5. The second kappa shape index (κ2) is 8.05. The fourth-order valence-electron chi connectivity index (χ4n) is 1.72. The zero-order valence-corrected chi connectivity index (χ0v) is 10.7. The Balaban J connectivity index is 2.09. The number of hydrogen-bond acceptors (Lipinski definition) is 4. The first-order chi connectivity index (χ1) is 8.65. The highest BCUT2D eigenvalue weighted by Gasteiger charge is 2.34. The molecule has 0 radical (unpaired) electrons. The van der Waals surface area contributed by atoms with E-state index in [-0.39, 0.29) is 5.91 Å². The van der Waals surface area contributed by atoms with Gasteiger partial charge in [0.15, 0.2) is 6.10 Å². The number of unbranched alkanes of at least 4 members (excludes halogenated alkanes) is 1. The Hall–Kier alpha value is -1.14. The lowest BCUT2D eigenvalue weighted by Crippen LogP contribution is -2.37. The smallest absolute Gasteiger partial charge is 0.332 e. The number of carbonyl (C=O) groups excluding carboxylic acids is 1. The van der Waals surface area contributed by atoms with Crippen LogP contribution in [0.2, 0.25) is 0 Å². The Morgan fingerprint density at radius 2 is 2.06 bits per heavy atom. The molecule has 1 heterocycles. The summed E-state index contributed by atoms with van der Waals surface area (Å²) in [4.78, 5) is 22.3. The van der Waals surface area contributed by atoms with E-state index in [0.29, 0.717) is 32.6 Å². The van der Waals surface area contributed by atoms with Crippen molar-refractivity contribution in [1.29, 1.82) is 0 Å². The Morgan fingerprint density at radius 1 is 1.33 bits per heavy atom. The van der Waals surface area contributed by atoms with Gasteiger partial charge in [0, 0.05) is 13.2 Å². The molecule has 6 heteroatoms. The van der Waals surface area contributed by atoms with Crippen molar-refractivity contribution in [2.75, 3.05) is 19.8 Å². The van der Waals surface area contributed by atoms with E-state index in [1.54, 1.807) is 0 Å². The Bertz CT molecular complexity index is 282. The highest BCUT2D eigenvalue weighted by molar-refractivity contribution is 5.82. The average Bonchev–Trinajstić information content (AvgIpc) is 2.83. The van der Waals surface area contributed by atoms with Gasteiger partial charge in [0.1, 0.15) is 6.10 Å². The van der Waals surface area contributed by atoms with Crippen molar-refractivity contribution in [3.63, 3.8) is 0 Å². The van der Waals surface area contributed by atoms with Crippen LogP contribution in [0.15, 0.2) is 0 Å². The minimum Gasteiger partial charge on any atom is -0.479 e. The molecule has 0 spiro atoms. The van der Waals surface area contributed by atoms with Gasteiger partial charge in [-0.2, -0.15) is 0 Å². The molecule has 0 aromatic heterocycles. The molecule has 0 aliphatic carbocycles. The molecule has 2 atom stereocenters. The van der Waals surface area contributed by atoms with Crippen LogP contribution in [-0.4, -0.2) is 48.9 Å². The maximum absolute atomic E-state index is 11.6. The molecule has 0 saturated carbocycles. The Kier molecular flexibility index (Phi) is 6.67. The van der Waals surface area contributed by atoms with Gasteiger partial charge in [-0.05, 0) is 19.3 Å². The lowest BCUT2D eigenvalue weighted by atomic mass is 10.2. The Morgan fingerprint density at radius 3 is 2.67 bits per heavy atom. The van der Waals surface area contributed by atoms with E-state index in [9.17, 15) is 9.59 Å². The fraction of sp³-hybridized carbons (Fsp3) is 0.833. The van der Waals surface area contributed by atoms with Crippen molar-refractivity contribution in [3.05, 3.63) is 0 Å². The molecule has 0 aromatic carbocycles. The second-order valence-corrected chi connectivity index (χ2v) is 4.29. The molecule has 1 saturated heterocycles. The monoisotopic (exact) mass is 259 g/mol. The van der Waals surface area contributed by atoms with Gasteiger partial charge in [0.2, 0.25) is 5.91 Å². The molecule has 2 unspecified atom stereocenters. The van der Waals surface area contributed by atoms with Crippen LogP contribution in [0.5, 0.6) is 0 Å². The predicted molar refractivity (Wildman–Crippen MR) is 64.3 cm³/mol. The third kappa shape index (κ3) is 5.01. The number of carboxylic acid groups (broad SMARTS) is 1. The molecule has 18 heavy (non-hydrogen) atoms. The van der Waals surface area contributed by atoms with Gasteiger partial charge < -0.3 is 19.9 Å². The lowest BCUT2D eigenvalue weighted by Gasteiger charge is -2.11. The zero-order valence-electron chi connectivity index (χ0n) is 10.7. The summed E-state index contributed by atoms with van der Waals surface area (Å²) in [7, 11) is 0. The molecule has 1 fully saturated rings. The van der Waals surface area contributed by atoms with E-state index in [1.807, 2.05) is 0 Å². The second-order valence-electron chi connectivity index (χ2n) is 4.29. The van der Waals surface area contributed by atoms with Gasteiger partial charge in [0.25, 0.3) is 0 Å². The zero-order chi connectivity index (χ0) is 13.4. The first kappa shape index (κ1) is 14.9. The number of hydrogen-bond donors (Lipinski definition) is 2. The average molecular weight is 259 g/mol. The summed E-state index contributed by atoms with van der Waals surface area (Å²) in [5.74, 6) is -1.26. The number of nitrogens with one attached hydrogen (secondary N) is 1. The standard InChI is InChI=1S/C12H21NO5/c1-2-3-7-17-8-6-13-11(14)9-4-5-10(18-9)12(15)16/h9-10H,2-8H2,1H3,(H,13,14)(H,15,16). The Labute approximate surface area is 107 Å². The first-order valence-electron chi connectivity index (χ1n) is 6.39. The molecule has 1 aliphatic rings. The number of rotatable bonds is 8. The van der Waals surface area contributed by atoms with Crippen molar-refractivity contribution in [3.8, 4) is 0 Å². The van der Waals surface area contributed by atoms with Crippen LogP contribution in [0.25, 0.3) is 0 Å². The van der Waals surface area contributed by atoms with Gasteiger partial charge in [0.05, 0.1) is 6.61 Å². The van der Waals surface area contributed by atoms with E-state index >= 15 is 0 Å². The quantitative estimate of drug-likeness (QED) is 0.622. The minimum atomic E-state index is -1.01. The maximum atomic E-state index is 11.6. The summed E-state index contributed by atoms with van der Waals surface area (Å²) in [5.41, 5.74) is 0. The van der Waals surface area contributed by atoms with Gasteiger partial charge in [-0.15, -0.1) is 0 Å². The van der Waals surface area contributed by atoms with E-state index in [4.69, 9.17) is 14.6 Å². The summed E-state index contributed by atoms with van der Waals surface area (Å²) < 4.78 is 10.4. The minimum absolute atomic E-state index is 0.252. The third-order valence-electron chi connectivity index (χ3n) is 2.78. The van der Waals surface area contributed by atoms with Crippen molar-refractivity contribution in [1.82, 2.24) is 5.32 Å². The summed E-state index contributed by atoms with van der Waals surface area (Å²) in [6, 6.07) is 0. The van der Waals surface area contributed by atoms with Crippen molar-refractivity contribution in [2.24, 2.45) is 0 Å². The number of amides is 1. The highest BCUT2D eigenvalue weighted by atomic mass is 16.5. The molecule has 2 N–H and O–H groups in total. The van der Waals surface area contributed by atoms with Crippen LogP contribution in [0, 0.1) is 0 Å². The summed E-state index contributed by atoms with van der Waals surface area (Å²) in [6.45, 7) is 3.69. The van der Waals surface area contributed by atoms with E-state index in [1.165, 1.54) is 0 Å². The normalized spacial score (nSPS) is 22.9. The topological polar surface area (TPSA) is 84.9 Å². The molecular weight excluding hydrogens is 238 g/mol. The summed E-state index contributed by atoms with van der Waals surface area (Å²) in [6.07, 6.45) is 1.46. The number of ether oxygens (including phenoxy) is 2.